The van der Waals surface area contributed by atoms with Gasteiger partial charge in [-0.3, -0.25) is 4.79 Å². The predicted molar refractivity (Wildman–Crippen MR) is 50.2 cm³/mol. The van der Waals surface area contributed by atoms with E-state index in [9.17, 15) is 4.79 Å². The van der Waals surface area contributed by atoms with Gasteiger partial charge in [0.2, 0.25) is 5.91 Å². The zero-order chi connectivity index (χ0) is 10.1. The third-order valence-corrected chi connectivity index (χ3v) is 2.69. The van der Waals surface area contributed by atoms with Gasteiger partial charge in [-0.15, -0.1) is 0 Å². The summed E-state index contributed by atoms with van der Waals surface area (Å²) < 4.78 is 5.55. The molecule has 0 bridgehead atoms. The number of amides is 1. The third-order valence-electron chi connectivity index (χ3n) is 2.69. The second-order valence-corrected chi connectivity index (χ2v) is 3.86. The largest absolute Gasteiger partial charge is 0.375 e. The molecular weight excluding hydrogens is 168 g/mol. The lowest BCUT2D eigenvalue weighted by Crippen LogP contribution is -2.60. The quantitative estimate of drug-likeness (QED) is 0.639. The molecule has 1 saturated heterocycles. The Kier molecular flexibility index (Phi) is 2.93. The first-order chi connectivity index (χ1) is 6.00. The van der Waals surface area contributed by atoms with Gasteiger partial charge in [0.15, 0.2) is 0 Å². The number of likely N-dealkylation sites (N-methyl/N-ethyl adjacent to an activating group) is 1. The molecule has 1 heterocycles. The maximum atomic E-state index is 11.3. The Hall–Kier alpha value is -0.610. The van der Waals surface area contributed by atoms with Crippen LogP contribution in [0.2, 0.25) is 0 Å². The first-order valence-corrected chi connectivity index (χ1v) is 4.64. The average Bonchev–Trinajstić information content (AvgIpc) is 2.02. The average molecular weight is 186 g/mol. The lowest BCUT2D eigenvalue weighted by molar-refractivity contribution is -0.135. The highest BCUT2D eigenvalue weighted by atomic mass is 16.5. The fraction of sp³-hybridized carbons (Fsp3) is 0.889. The highest BCUT2D eigenvalue weighted by Gasteiger charge is 2.42. The summed E-state index contributed by atoms with van der Waals surface area (Å²) in [6.45, 7) is 3.93. The zero-order valence-electron chi connectivity index (χ0n) is 8.46. The Labute approximate surface area is 78.8 Å². The number of nitrogens with one attached hydrogen (secondary N) is 1. The van der Waals surface area contributed by atoms with Crippen molar-refractivity contribution >= 4 is 5.91 Å². The van der Waals surface area contributed by atoms with Crippen molar-refractivity contribution in [1.82, 2.24) is 5.32 Å². The van der Waals surface area contributed by atoms with E-state index in [4.69, 9.17) is 10.5 Å². The zero-order valence-corrected chi connectivity index (χ0v) is 8.46. The minimum atomic E-state index is -0.572. The monoisotopic (exact) mass is 186 g/mol. The van der Waals surface area contributed by atoms with Crippen molar-refractivity contribution in [2.75, 3.05) is 7.05 Å². The van der Waals surface area contributed by atoms with E-state index in [1.807, 2.05) is 13.8 Å². The Morgan fingerprint density at radius 1 is 1.46 bits per heavy atom. The van der Waals surface area contributed by atoms with Gasteiger partial charge in [0.25, 0.3) is 0 Å². The summed E-state index contributed by atoms with van der Waals surface area (Å²) in [7, 11) is 1.77. The van der Waals surface area contributed by atoms with E-state index in [0.717, 1.165) is 0 Å². The highest BCUT2D eigenvalue weighted by Crippen LogP contribution is 2.28. The van der Waals surface area contributed by atoms with Crippen molar-refractivity contribution in [2.24, 2.45) is 5.73 Å². The molecule has 3 N–H and O–H groups in total. The van der Waals surface area contributed by atoms with Crippen LogP contribution in [0.5, 0.6) is 0 Å². The normalized spacial score (nSPS) is 40.2. The van der Waals surface area contributed by atoms with Gasteiger partial charge in [0.05, 0.1) is 12.2 Å². The standard InChI is InChI=1S/C9H18N2O2/c1-6-4-9(11-3,8(10)12)5-7(2)13-6/h6-7,11H,4-5H2,1-3H3,(H2,10,12). The lowest BCUT2D eigenvalue weighted by atomic mass is 9.83. The highest BCUT2D eigenvalue weighted by molar-refractivity contribution is 5.84. The number of ether oxygens (including phenoxy) is 1. The molecule has 1 fully saturated rings. The number of hydrogen-bond donors (Lipinski definition) is 2. The van der Waals surface area contributed by atoms with Crippen molar-refractivity contribution < 1.29 is 9.53 Å². The SMILES string of the molecule is CNC1(C(N)=O)CC(C)OC(C)C1. The Morgan fingerprint density at radius 2 is 1.92 bits per heavy atom. The molecule has 1 amide bonds. The molecule has 76 valence electrons. The molecule has 13 heavy (non-hydrogen) atoms. The summed E-state index contributed by atoms with van der Waals surface area (Å²) in [4.78, 5) is 11.3. The van der Waals surface area contributed by atoms with Crippen molar-refractivity contribution in [3.63, 3.8) is 0 Å². The van der Waals surface area contributed by atoms with Crippen LogP contribution in [0.4, 0.5) is 0 Å². The Balaban J connectivity index is 2.80. The van der Waals surface area contributed by atoms with Crippen molar-refractivity contribution in [3.05, 3.63) is 0 Å². The molecule has 4 nitrogen and oxygen atoms in total. The molecule has 1 aliphatic heterocycles. The van der Waals surface area contributed by atoms with E-state index in [2.05, 4.69) is 5.32 Å². The number of nitrogens with two attached hydrogens (primary N) is 1. The van der Waals surface area contributed by atoms with Crippen LogP contribution in [0.15, 0.2) is 0 Å². The minimum absolute atomic E-state index is 0.0868. The van der Waals surface area contributed by atoms with Crippen molar-refractivity contribution in [1.29, 1.82) is 0 Å². The summed E-state index contributed by atoms with van der Waals surface area (Å²) in [5, 5.41) is 3.02. The number of hydrogen-bond acceptors (Lipinski definition) is 3. The molecule has 0 aliphatic carbocycles. The lowest BCUT2D eigenvalue weighted by Gasteiger charge is -2.40. The summed E-state index contributed by atoms with van der Waals surface area (Å²) in [5.41, 5.74) is 4.81. The third kappa shape index (κ3) is 2.00. The molecule has 4 heteroatoms. The van der Waals surface area contributed by atoms with Crippen LogP contribution in [-0.4, -0.2) is 30.7 Å². The summed E-state index contributed by atoms with van der Waals surface area (Å²) in [6, 6.07) is 0. The van der Waals surface area contributed by atoms with Gasteiger partial charge in [-0.05, 0) is 20.9 Å². The molecule has 0 spiro atoms. The van der Waals surface area contributed by atoms with E-state index < -0.39 is 5.54 Å². The van der Waals surface area contributed by atoms with E-state index in [1.54, 1.807) is 7.05 Å². The molecular formula is C9H18N2O2. The van der Waals surface area contributed by atoms with Gasteiger partial charge < -0.3 is 15.8 Å². The second-order valence-electron chi connectivity index (χ2n) is 3.86. The van der Waals surface area contributed by atoms with Gasteiger partial charge in [-0.2, -0.15) is 0 Å². The molecule has 0 aromatic carbocycles. The van der Waals surface area contributed by atoms with Crippen LogP contribution in [0.25, 0.3) is 0 Å². The maximum absolute atomic E-state index is 11.3. The van der Waals surface area contributed by atoms with Gasteiger partial charge >= 0.3 is 0 Å². The fourth-order valence-corrected chi connectivity index (χ4v) is 2.09. The molecule has 2 atom stereocenters. The van der Waals surface area contributed by atoms with Gasteiger partial charge in [0, 0.05) is 12.8 Å². The molecule has 0 radical (unpaired) electrons. The second kappa shape index (κ2) is 3.64. The molecule has 0 aromatic rings. The van der Waals surface area contributed by atoms with E-state index in [-0.39, 0.29) is 18.1 Å². The van der Waals surface area contributed by atoms with Crippen LogP contribution >= 0.6 is 0 Å². The number of primary amides is 1. The number of carbonyl (C=O) groups is 1. The van der Waals surface area contributed by atoms with Crippen LogP contribution < -0.4 is 11.1 Å². The summed E-state index contributed by atoms with van der Waals surface area (Å²) >= 11 is 0. The molecule has 2 unspecified atom stereocenters. The van der Waals surface area contributed by atoms with Crippen LogP contribution in [0, 0.1) is 0 Å². The summed E-state index contributed by atoms with van der Waals surface area (Å²) in [6.07, 6.45) is 1.49. The van der Waals surface area contributed by atoms with Gasteiger partial charge in [0.1, 0.15) is 5.54 Å². The van der Waals surface area contributed by atoms with Crippen LogP contribution in [0.3, 0.4) is 0 Å². The van der Waals surface area contributed by atoms with E-state index in [1.165, 1.54) is 0 Å². The minimum Gasteiger partial charge on any atom is -0.375 e. The molecule has 0 aromatic heterocycles. The van der Waals surface area contributed by atoms with Gasteiger partial charge in [-0.25, -0.2) is 0 Å². The van der Waals surface area contributed by atoms with Crippen molar-refractivity contribution in [2.45, 2.75) is 44.4 Å². The number of carbonyl (C=O) groups excluding carboxylic acids is 1. The van der Waals surface area contributed by atoms with Gasteiger partial charge in [-0.1, -0.05) is 0 Å². The topological polar surface area (TPSA) is 64.3 Å². The van der Waals surface area contributed by atoms with E-state index in [0.29, 0.717) is 12.8 Å². The van der Waals surface area contributed by atoms with Crippen LogP contribution in [0.1, 0.15) is 26.7 Å². The Bertz CT molecular complexity index is 196. The molecule has 0 saturated carbocycles. The molecule has 1 aliphatic rings. The first kappa shape index (κ1) is 10.5. The summed E-state index contributed by atoms with van der Waals surface area (Å²) in [5.74, 6) is -0.281. The van der Waals surface area contributed by atoms with Crippen LogP contribution in [-0.2, 0) is 9.53 Å². The smallest absolute Gasteiger partial charge is 0.237 e. The first-order valence-electron chi connectivity index (χ1n) is 4.64. The molecule has 1 rings (SSSR count). The Morgan fingerprint density at radius 3 is 2.23 bits per heavy atom. The fourth-order valence-electron chi connectivity index (χ4n) is 2.09. The maximum Gasteiger partial charge on any atom is 0.237 e. The van der Waals surface area contributed by atoms with E-state index >= 15 is 0 Å². The predicted octanol–water partition coefficient (Wildman–Crippen LogP) is 0.0173. The number of rotatable bonds is 2. The van der Waals surface area contributed by atoms with Crippen molar-refractivity contribution in [3.8, 4) is 0 Å².